The highest BCUT2D eigenvalue weighted by atomic mass is 16.6. The van der Waals surface area contributed by atoms with Gasteiger partial charge in [-0.05, 0) is 44.9 Å². The van der Waals surface area contributed by atoms with E-state index < -0.39 is 0 Å². The zero-order chi connectivity index (χ0) is 28.8. The van der Waals surface area contributed by atoms with Crippen LogP contribution in [0.3, 0.4) is 0 Å². The number of hydrogen-bond donors (Lipinski definition) is 0. The molecule has 0 aromatic rings. The number of methoxy groups -OCH3 is 1. The quantitative estimate of drug-likeness (QED) is 0.0528. The minimum Gasteiger partial charge on any atom is -0.469 e. The van der Waals surface area contributed by atoms with Gasteiger partial charge in [0, 0.05) is 6.92 Å². The van der Waals surface area contributed by atoms with E-state index in [1.165, 1.54) is 136 Å². The number of ether oxygens (including phenoxy) is 2. The first-order valence-corrected chi connectivity index (χ1v) is 17.0. The highest BCUT2D eigenvalue weighted by Crippen LogP contribution is 2.24. The van der Waals surface area contributed by atoms with Crippen LogP contribution in [0.1, 0.15) is 181 Å². The molecule has 0 spiro atoms. The van der Waals surface area contributed by atoms with Crippen LogP contribution in [0.25, 0.3) is 0 Å². The van der Waals surface area contributed by atoms with Crippen LogP contribution in [-0.2, 0) is 19.1 Å². The van der Waals surface area contributed by atoms with Crippen molar-refractivity contribution in [3.63, 3.8) is 0 Å². The van der Waals surface area contributed by atoms with Crippen LogP contribution in [0.5, 0.6) is 0 Å². The van der Waals surface area contributed by atoms with E-state index in [4.69, 9.17) is 9.47 Å². The molecule has 39 heavy (non-hydrogen) atoms. The number of carbonyl (C=O) groups is 2. The van der Waals surface area contributed by atoms with Crippen LogP contribution >= 0.6 is 0 Å². The molecule has 0 aliphatic rings. The first-order chi connectivity index (χ1) is 19.1. The normalized spacial score (nSPS) is 13.0. The molecule has 0 fully saturated rings. The van der Waals surface area contributed by atoms with Crippen LogP contribution < -0.4 is 0 Å². The van der Waals surface area contributed by atoms with Gasteiger partial charge >= 0.3 is 11.9 Å². The Labute approximate surface area is 243 Å². The first kappa shape index (κ1) is 37.7. The van der Waals surface area contributed by atoms with Gasteiger partial charge in [0.25, 0.3) is 0 Å². The van der Waals surface area contributed by atoms with Gasteiger partial charge in [-0.1, -0.05) is 142 Å². The lowest BCUT2D eigenvalue weighted by atomic mass is 9.91. The van der Waals surface area contributed by atoms with Crippen molar-refractivity contribution in [1.82, 2.24) is 0 Å². The number of allylic oxidation sites excluding steroid dienone is 2. The Balaban J connectivity index is 4.15. The van der Waals surface area contributed by atoms with Gasteiger partial charge in [0.1, 0.15) is 6.10 Å². The van der Waals surface area contributed by atoms with E-state index in [2.05, 4.69) is 26.0 Å². The maximum atomic E-state index is 12.6. The molecule has 0 saturated heterocycles. The largest absolute Gasteiger partial charge is 0.469 e. The Morgan fingerprint density at radius 2 is 0.949 bits per heavy atom. The number of hydrogen-bond acceptors (Lipinski definition) is 4. The van der Waals surface area contributed by atoms with Gasteiger partial charge in [-0.3, -0.25) is 9.59 Å². The van der Waals surface area contributed by atoms with Crippen molar-refractivity contribution in [3.05, 3.63) is 12.2 Å². The van der Waals surface area contributed by atoms with Crippen LogP contribution in [0, 0.1) is 5.92 Å². The third-order valence-electron chi connectivity index (χ3n) is 7.89. The lowest BCUT2D eigenvalue weighted by molar-refractivity contribution is -0.160. The molecule has 0 bridgehead atoms. The molecule has 0 unspecified atom stereocenters. The van der Waals surface area contributed by atoms with E-state index in [0.717, 1.165) is 38.5 Å². The Bertz CT molecular complexity index is 571. The van der Waals surface area contributed by atoms with Gasteiger partial charge in [-0.25, -0.2) is 0 Å². The van der Waals surface area contributed by atoms with Crippen LogP contribution in [0.2, 0.25) is 0 Å². The summed E-state index contributed by atoms with van der Waals surface area (Å²) in [6.07, 6.45) is 34.8. The highest BCUT2D eigenvalue weighted by Gasteiger charge is 2.30. The minimum atomic E-state index is -0.363. The summed E-state index contributed by atoms with van der Waals surface area (Å²) in [6.45, 7) is 5.97. The lowest BCUT2D eigenvalue weighted by Gasteiger charge is -2.25. The average molecular weight is 551 g/mol. The van der Waals surface area contributed by atoms with Crippen molar-refractivity contribution in [2.24, 2.45) is 5.92 Å². The summed E-state index contributed by atoms with van der Waals surface area (Å²) in [4.78, 5) is 24.4. The van der Waals surface area contributed by atoms with E-state index in [-0.39, 0.29) is 24.0 Å². The summed E-state index contributed by atoms with van der Waals surface area (Å²) in [5.74, 6) is -0.875. The lowest BCUT2D eigenvalue weighted by Crippen LogP contribution is -2.33. The van der Waals surface area contributed by atoms with Gasteiger partial charge < -0.3 is 9.47 Å². The molecule has 0 aliphatic carbocycles. The van der Waals surface area contributed by atoms with Crippen LogP contribution in [0.4, 0.5) is 0 Å². The number of rotatable bonds is 29. The van der Waals surface area contributed by atoms with Crippen molar-refractivity contribution in [2.75, 3.05) is 7.11 Å². The fourth-order valence-electron chi connectivity index (χ4n) is 5.43. The van der Waals surface area contributed by atoms with E-state index in [1.54, 1.807) is 0 Å². The van der Waals surface area contributed by atoms with Gasteiger partial charge in [-0.2, -0.15) is 0 Å². The molecule has 0 N–H and O–H groups in total. The molecule has 0 rings (SSSR count). The number of unbranched alkanes of at least 4 members (excludes halogenated alkanes) is 20. The minimum absolute atomic E-state index is 0.231. The smallest absolute Gasteiger partial charge is 0.312 e. The summed E-state index contributed by atoms with van der Waals surface area (Å²) in [7, 11) is 1.45. The standard InChI is InChI=1S/C35H66O4/c1-5-7-9-11-13-15-17-19-21-23-25-27-29-31-34(39-32(3)36)33(35(37)38-4)30-28-26-24-22-20-18-16-14-12-10-8-6-2/h15,17,33-34H,5-14,16,18-31H2,1-4H3/t33-,34-/m0/s1. The van der Waals surface area contributed by atoms with Gasteiger partial charge in [-0.15, -0.1) is 0 Å². The summed E-state index contributed by atoms with van der Waals surface area (Å²) in [5, 5.41) is 0. The summed E-state index contributed by atoms with van der Waals surface area (Å²) >= 11 is 0. The van der Waals surface area contributed by atoms with E-state index in [9.17, 15) is 9.59 Å². The molecular weight excluding hydrogens is 484 g/mol. The molecule has 0 aliphatic heterocycles. The van der Waals surface area contributed by atoms with E-state index in [1.807, 2.05) is 0 Å². The third kappa shape index (κ3) is 25.4. The Kier molecular flexibility index (Phi) is 28.7. The SMILES string of the molecule is CCCCCCC=CCCCCCCC[C@H](OC(C)=O)[C@H](CCCCCCCCCCCCCC)C(=O)OC. The molecule has 0 amide bonds. The van der Waals surface area contributed by atoms with Crippen LogP contribution in [0.15, 0.2) is 12.2 Å². The second-order valence-electron chi connectivity index (χ2n) is 11.6. The van der Waals surface area contributed by atoms with E-state index >= 15 is 0 Å². The summed E-state index contributed by atoms with van der Waals surface area (Å²) in [6, 6.07) is 0. The Hall–Kier alpha value is -1.32. The van der Waals surface area contributed by atoms with Crippen LogP contribution in [-0.4, -0.2) is 25.2 Å². The molecule has 0 aromatic carbocycles. The van der Waals surface area contributed by atoms with Gasteiger partial charge in [0.15, 0.2) is 0 Å². The number of esters is 2. The molecule has 4 nitrogen and oxygen atoms in total. The second-order valence-corrected chi connectivity index (χ2v) is 11.6. The van der Waals surface area contributed by atoms with Crippen molar-refractivity contribution in [3.8, 4) is 0 Å². The zero-order valence-corrected chi connectivity index (χ0v) is 26.6. The molecule has 0 heterocycles. The Morgan fingerprint density at radius 1 is 0.564 bits per heavy atom. The van der Waals surface area contributed by atoms with Gasteiger partial charge in [0.05, 0.1) is 13.0 Å². The van der Waals surface area contributed by atoms with Gasteiger partial charge in [0.2, 0.25) is 0 Å². The molecule has 0 saturated carbocycles. The monoisotopic (exact) mass is 550 g/mol. The average Bonchev–Trinajstić information content (AvgIpc) is 2.92. The molecule has 0 aromatic heterocycles. The molecule has 0 radical (unpaired) electrons. The molecule has 230 valence electrons. The first-order valence-electron chi connectivity index (χ1n) is 17.0. The summed E-state index contributed by atoms with van der Waals surface area (Å²) in [5.41, 5.74) is 0. The Morgan fingerprint density at radius 3 is 1.38 bits per heavy atom. The second kappa shape index (κ2) is 29.7. The van der Waals surface area contributed by atoms with Crippen molar-refractivity contribution in [1.29, 1.82) is 0 Å². The molecular formula is C35H66O4. The fourth-order valence-corrected chi connectivity index (χ4v) is 5.43. The van der Waals surface area contributed by atoms with Crippen molar-refractivity contribution in [2.45, 2.75) is 187 Å². The molecule has 2 atom stereocenters. The fraction of sp³-hybridized carbons (Fsp3) is 0.886. The maximum absolute atomic E-state index is 12.6. The predicted molar refractivity (Wildman–Crippen MR) is 167 cm³/mol. The van der Waals surface area contributed by atoms with E-state index in [0.29, 0.717) is 0 Å². The van der Waals surface area contributed by atoms with Crippen molar-refractivity contribution < 1.29 is 19.1 Å². The maximum Gasteiger partial charge on any atom is 0.312 e. The third-order valence-corrected chi connectivity index (χ3v) is 7.89. The molecule has 4 heteroatoms. The number of carbonyl (C=O) groups excluding carboxylic acids is 2. The zero-order valence-electron chi connectivity index (χ0n) is 26.6. The highest BCUT2D eigenvalue weighted by molar-refractivity contribution is 5.74. The predicted octanol–water partition coefficient (Wildman–Crippen LogP) is 11.1. The topological polar surface area (TPSA) is 52.6 Å². The van der Waals surface area contributed by atoms with Crippen molar-refractivity contribution >= 4 is 11.9 Å². The summed E-state index contributed by atoms with van der Waals surface area (Å²) < 4.78 is 10.8.